The first kappa shape index (κ1) is 20.7. The number of halogens is 4. The fourth-order valence-corrected chi connectivity index (χ4v) is 2.29. The molecular formula is C14H22F3IN6. The Bertz CT molecular complexity index is 503. The van der Waals surface area contributed by atoms with Crippen molar-refractivity contribution in [3.05, 3.63) is 18.5 Å². The van der Waals surface area contributed by atoms with Crippen LogP contribution in [0.25, 0.3) is 0 Å². The average molecular weight is 458 g/mol. The molecule has 1 saturated heterocycles. The molecule has 1 fully saturated rings. The van der Waals surface area contributed by atoms with Crippen LogP contribution in [0.2, 0.25) is 0 Å². The van der Waals surface area contributed by atoms with Gasteiger partial charge >= 0.3 is 6.18 Å². The Morgan fingerprint density at radius 1 is 1.21 bits per heavy atom. The summed E-state index contributed by atoms with van der Waals surface area (Å²) in [5.41, 5.74) is 0. The maximum Gasteiger partial charge on any atom is 0.390 e. The molecule has 1 aliphatic heterocycles. The van der Waals surface area contributed by atoms with E-state index in [0.29, 0.717) is 44.6 Å². The first-order valence-electron chi connectivity index (χ1n) is 7.61. The van der Waals surface area contributed by atoms with Gasteiger partial charge in [-0.25, -0.2) is 9.97 Å². The van der Waals surface area contributed by atoms with Crippen molar-refractivity contribution in [3.63, 3.8) is 0 Å². The van der Waals surface area contributed by atoms with E-state index in [1.54, 1.807) is 18.5 Å². The summed E-state index contributed by atoms with van der Waals surface area (Å²) in [5, 5.41) is 3.05. The van der Waals surface area contributed by atoms with E-state index in [1.165, 1.54) is 0 Å². The topological polar surface area (TPSA) is 56.7 Å². The third-order valence-electron chi connectivity index (χ3n) is 3.41. The van der Waals surface area contributed by atoms with Crippen molar-refractivity contribution in [2.75, 3.05) is 44.2 Å². The van der Waals surface area contributed by atoms with Gasteiger partial charge in [0.1, 0.15) is 0 Å². The van der Waals surface area contributed by atoms with Crippen molar-refractivity contribution in [1.82, 2.24) is 20.2 Å². The predicted octanol–water partition coefficient (Wildman–Crippen LogP) is 2.13. The number of aromatic nitrogens is 2. The summed E-state index contributed by atoms with van der Waals surface area (Å²) in [6, 6.07) is 1.76. The van der Waals surface area contributed by atoms with Gasteiger partial charge in [-0.15, -0.1) is 24.0 Å². The summed E-state index contributed by atoms with van der Waals surface area (Å²) >= 11 is 0. The number of hydrogen-bond acceptors (Lipinski definition) is 4. The summed E-state index contributed by atoms with van der Waals surface area (Å²) in [7, 11) is 0. The lowest BCUT2D eigenvalue weighted by Gasteiger charge is -2.36. The second-order valence-electron chi connectivity index (χ2n) is 5.12. The summed E-state index contributed by atoms with van der Waals surface area (Å²) in [6.07, 6.45) is -1.70. The van der Waals surface area contributed by atoms with Gasteiger partial charge in [0.15, 0.2) is 5.96 Å². The van der Waals surface area contributed by atoms with E-state index < -0.39 is 12.6 Å². The molecule has 1 aliphatic rings. The van der Waals surface area contributed by atoms with Crippen molar-refractivity contribution in [1.29, 1.82) is 0 Å². The van der Waals surface area contributed by atoms with Crippen LogP contribution in [0.3, 0.4) is 0 Å². The van der Waals surface area contributed by atoms with E-state index in [0.717, 1.165) is 0 Å². The lowest BCUT2D eigenvalue weighted by Crippen LogP contribution is -2.53. The molecule has 0 spiro atoms. The van der Waals surface area contributed by atoms with Gasteiger partial charge in [0.25, 0.3) is 0 Å². The molecule has 2 rings (SSSR count). The van der Waals surface area contributed by atoms with Crippen LogP contribution in [-0.4, -0.2) is 66.3 Å². The van der Waals surface area contributed by atoms with E-state index in [1.807, 2.05) is 11.8 Å². The van der Waals surface area contributed by atoms with Crippen molar-refractivity contribution in [3.8, 4) is 0 Å². The number of piperazine rings is 1. The third kappa shape index (κ3) is 6.65. The quantitative estimate of drug-likeness (QED) is 0.426. The smallest absolute Gasteiger partial charge is 0.357 e. The van der Waals surface area contributed by atoms with E-state index in [-0.39, 0.29) is 30.5 Å². The molecule has 0 bridgehead atoms. The molecular weight excluding hydrogens is 436 g/mol. The third-order valence-corrected chi connectivity index (χ3v) is 3.41. The van der Waals surface area contributed by atoms with Crippen LogP contribution in [0.15, 0.2) is 23.5 Å². The van der Waals surface area contributed by atoms with Gasteiger partial charge in [-0.3, -0.25) is 4.99 Å². The normalized spacial score (nSPS) is 15.9. The maximum atomic E-state index is 12.2. The Balaban J connectivity index is 0.00000288. The van der Waals surface area contributed by atoms with E-state index in [2.05, 4.69) is 25.2 Å². The molecule has 10 heteroatoms. The largest absolute Gasteiger partial charge is 0.390 e. The minimum absolute atomic E-state index is 0. The Kier molecular flexibility index (Phi) is 8.50. The minimum atomic E-state index is -4.18. The van der Waals surface area contributed by atoms with Gasteiger partial charge < -0.3 is 15.1 Å². The van der Waals surface area contributed by atoms with Crippen LogP contribution >= 0.6 is 24.0 Å². The molecule has 136 valence electrons. The highest BCUT2D eigenvalue weighted by Crippen LogP contribution is 2.19. The van der Waals surface area contributed by atoms with Gasteiger partial charge in [-0.2, -0.15) is 13.2 Å². The molecule has 0 amide bonds. The lowest BCUT2D eigenvalue weighted by atomic mass is 10.3. The molecule has 1 aromatic rings. The van der Waals surface area contributed by atoms with Crippen LogP contribution in [0, 0.1) is 0 Å². The fraction of sp³-hybridized carbons (Fsp3) is 0.643. The van der Waals surface area contributed by atoms with Gasteiger partial charge in [-0.05, 0) is 13.0 Å². The highest BCUT2D eigenvalue weighted by molar-refractivity contribution is 14.0. The number of nitrogens with one attached hydrogen (secondary N) is 1. The Morgan fingerprint density at radius 2 is 1.83 bits per heavy atom. The molecule has 0 aliphatic carbocycles. The Morgan fingerprint density at radius 3 is 2.38 bits per heavy atom. The zero-order valence-corrected chi connectivity index (χ0v) is 15.8. The number of anilines is 1. The molecule has 24 heavy (non-hydrogen) atoms. The van der Waals surface area contributed by atoms with Crippen molar-refractivity contribution in [2.24, 2.45) is 4.99 Å². The number of hydrogen-bond donors (Lipinski definition) is 1. The second-order valence-corrected chi connectivity index (χ2v) is 5.12. The number of alkyl halides is 3. The summed E-state index contributed by atoms with van der Waals surface area (Å²) < 4.78 is 36.7. The van der Waals surface area contributed by atoms with Crippen molar-refractivity contribution >= 4 is 35.9 Å². The second kappa shape index (κ2) is 9.84. The summed E-state index contributed by atoms with van der Waals surface area (Å²) in [6.45, 7) is 4.99. The van der Waals surface area contributed by atoms with Crippen LogP contribution in [-0.2, 0) is 0 Å². The monoisotopic (exact) mass is 458 g/mol. The highest BCUT2D eigenvalue weighted by atomic mass is 127. The average Bonchev–Trinajstić information content (AvgIpc) is 2.54. The number of nitrogens with zero attached hydrogens (tertiary/aromatic N) is 5. The molecule has 0 unspecified atom stereocenters. The lowest BCUT2D eigenvalue weighted by molar-refractivity contribution is -0.132. The van der Waals surface area contributed by atoms with Gasteiger partial charge in [0, 0.05) is 45.1 Å². The van der Waals surface area contributed by atoms with E-state index in [4.69, 9.17) is 0 Å². The molecule has 6 nitrogen and oxygen atoms in total. The first-order valence-corrected chi connectivity index (χ1v) is 7.61. The zero-order chi connectivity index (χ0) is 16.7. The van der Waals surface area contributed by atoms with Crippen LogP contribution in [0.1, 0.15) is 13.3 Å². The molecule has 0 atom stereocenters. The van der Waals surface area contributed by atoms with E-state index in [9.17, 15) is 13.2 Å². The molecule has 2 heterocycles. The van der Waals surface area contributed by atoms with E-state index >= 15 is 0 Å². The van der Waals surface area contributed by atoms with Gasteiger partial charge in [0.2, 0.25) is 5.95 Å². The molecule has 0 radical (unpaired) electrons. The predicted molar refractivity (Wildman–Crippen MR) is 97.9 cm³/mol. The van der Waals surface area contributed by atoms with Crippen LogP contribution in [0.5, 0.6) is 0 Å². The standard InChI is InChI=1S/C14H21F3N6.HI/c1-2-18-12(21-7-4-14(15,16)17)22-8-10-23(11-9-22)13-19-5-3-6-20-13;/h3,5-6H,2,4,7-11H2,1H3,(H,18,21);1H. The number of guanidine groups is 1. The molecule has 1 aromatic heterocycles. The van der Waals surface area contributed by atoms with Crippen molar-refractivity contribution in [2.45, 2.75) is 19.5 Å². The van der Waals surface area contributed by atoms with Gasteiger partial charge in [0.05, 0.1) is 13.0 Å². The minimum Gasteiger partial charge on any atom is -0.357 e. The number of aliphatic imine (C=N–C) groups is 1. The Labute approximate surface area is 156 Å². The summed E-state index contributed by atoms with van der Waals surface area (Å²) in [4.78, 5) is 16.5. The SMILES string of the molecule is CCNC(=NCCC(F)(F)F)N1CCN(c2ncccn2)CC1.I. The van der Waals surface area contributed by atoms with Crippen LogP contribution in [0.4, 0.5) is 19.1 Å². The zero-order valence-electron chi connectivity index (χ0n) is 13.5. The molecule has 1 N–H and O–H groups in total. The number of rotatable bonds is 4. The summed E-state index contributed by atoms with van der Waals surface area (Å²) in [5.74, 6) is 1.21. The van der Waals surface area contributed by atoms with Crippen molar-refractivity contribution < 1.29 is 13.2 Å². The fourth-order valence-electron chi connectivity index (χ4n) is 2.29. The first-order chi connectivity index (χ1) is 11.0. The highest BCUT2D eigenvalue weighted by Gasteiger charge is 2.27. The molecule has 0 saturated carbocycles. The Hall–Kier alpha value is -1.33. The van der Waals surface area contributed by atoms with Gasteiger partial charge in [-0.1, -0.05) is 0 Å². The maximum absolute atomic E-state index is 12.2. The molecule has 0 aromatic carbocycles. The van der Waals surface area contributed by atoms with Crippen LogP contribution < -0.4 is 10.2 Å².